The molecule has 19 heavy (non-hydrogen) atoms. The Kier molecular flexibility index (Phi) is 4.32. The Balaban J connectivity index is 2.17. The van der Waals surface area contributed by atoms with Gasteiger partial charge in [-0.15, -0.1) is 0 Å². The molecule has 0 amide bonds. The Morgan fingerprint density at radius 1 is 1.11 bits per heavy atom. The summed E-state index contributed by atoms with van der Waals surface area (Å²) in [5.74, 6) is 0.289. The van der Waals surface area contributed by atoms with E-state index in [-0.39, 0.29) is 5.75 Å². The van der Waals surface area contributed by atoms with Crippen molar-refractivity contribution < 1.29 is 5.11 Å². The average molecular weight is 321 g/mol. The molecule has 0 aliphatic heterocycles. The number of anilines is 2. The van der Waals surface area contributed by atoms with E-state index in [1.54, 1.807) is 0 Å². The van der Waals surface area contributed by atoms with E-state index in [0.29, 0.717) is 11.0 Å². The molecule has 2 rings (SSSR count). The number of nitrogens with one attached hydrogen (secondary N) is 1. The van der Waals surface area contributed by atoms with Crippen LogP contribution in [0.25, 0.3) is 0 Å². The Bertz CT molecular complexity index is 570. The Morgan fingerprint density at radius 2 is 1.84 bits per heavy atom. The number of hydrogen-bond donors (Lipinski definition) is 2. The zero-order chi connectivity index (χ0) is 13.8. The third-order valence-electron chi connectivity index (χ3n) is 2.93. The summed E-state index contributed by atoms with van der Waals surface area (Å²) >= 11 is 3.32. The summed E-state index contributed by atoms with van der Waals surface area (Å²) in [7, 11) is 4.02. The van der Waals surface area contributed by atoms with E-state index in [1.807, 2.05) is 50.5 Å². The van der Waals surface area contributed by atoms with E-state index in [0.717, 1.165) is 16.9 Å². The Hall–Kier alpha value is -1.68. The van der Waals surface area contributed by atoms with Crippen LogP contribution in [0.2, 0.25) is 0 Å². The number of phenols is 1. The van der Waals surface area contributed by atoms with Crippen molar-refractivity contribution in [2.75, 3.05) is 24.3 Å². The van der Waals surface area contributed by atoms with Gasteiger partial charge in [0.2, 0.25) is 0 Å². The second-order valence-electron chi connectivity index (χ2n) is 4.51. The van der Waals surface area contributed by atoms with Crippen molar-refractivity contribution in [2.45, 2.75) is 6.54 Å². The molecule has 100 valence electrons. The minimum absolute atomic E-state index is 0.289. The maximum absolute atomic E-state index is 9.96. The largest absolute Gasteiger partial charge is 0.506 e. The van der Waals surface area contributed by atoms with Crippen LogP contribution in [-0.2, 0) is 6.54 Å². The van der Waals surface area contributed by atoms with Crippen molar-refractivity contribution in [2.24, 2.45) is 0 Å². The lowest BCUT2D eigenvalue weighted by atomic mass is 10.2. The van der Waals surface area contributed by atoms with Crippen LogP contribution in [-0.4, -0.2) is 19.2 Å². The standard InChI is InChI=1S/C15H17BrN2O/c1-18(2)14-9-4-3-8-13(14)17-10-11-6-5-7-12(16)15(11)19/h3-9,17,19H,10H2,1-2H3. The number of rotatable bonds is 4. The molecule has 0 saturated heterocycles. The summed E-state index contributed by atoms with van der Waals surface area (Å²) in [6.45, 7) is 0.579. The molecule has 0 spiro atoms. The minimum atomic E-state index is 0.289. The molecule has 0 radical (unpaired) electrons. The van der Waals surface area contributed by atoms with Gasteiger partial charge in [0.05, 0.1) is 15.8 Å². The van der Waals surface area contributed by atoms with E-state index in [1.165, 1.54) is 0 Å². The van der Waals surface area contributed by atoms with Gasteiger partial charge in [0.1, 0.15) is 5.75 Å². The van der Waals surface area contributed by atoms with Crippen molar-refractivity contribution in [3.05, 3.63) is 52.5 Å². The molecule has 2 aromatic carbocycles. The molecule has 0 aliphatic carbocycles. The predicted molar refractivity (Wildman–Crippen MR) is 83.9 cm³/mol. The number of aromatic hydroxyl groups is 1. The van der Waals surface area contributed by atoms with Crippen LogP contribution in [0.1, 0.15) is 5.56 Å². The lowest BCUT2D eigenvalue weighted by molar-refractivity contribution is 0.465. The number of nitrogens with zero attached hydrogens (tertiary/aromatic N) is 1. The van der Waals surface area contributed by atoms with Crippen LogP contribution >= 0.6 is 15.9 Å². The molecule has 3 nitrogen and oxygen atoms in total. The SMILES string of the molecule is CN(C)c1ccccc1NCc1cccc(Br)c1O. The number of para-hydroxylation sites is 3. The monoisotopic (exact) mass is 320 g/mol. The molecule has 2 aromatic rings. The molecule has 0 heterocycles. The van der Waals surface area contributed by atoms with E-state index < -0.39 is 0 Å². The zero-order valence-corrected chi connectivity index (χ0v) is 12.6. The first-order valence-electron chi connectivity index (χ1n) is 6.06. The van der Waals surface area contributed by atoms with Gasteiger partial charge in [-0.1, -0.05) is 24.3 Å². The molecule has 0 atom stereocenters. The van der Waals surface area contributed by atoms with Crippen molar-refractivity contribution >= 4 is 27.3 Å². The van der Waals surface area contributed by atoms with Gasteiger partial charge < -0.3 is 15.3 Å². The van der Waals surface area contributed by atoms with Gasteiger partial charge in [-0.05, 0) is 34.1 Å². The van der Waals surface area contributed by atoms with Crippen molar-refractivity contribution in [3.63, 3.8) is 0 Å². The first kappa shape index (κ1) is 13.7. The van der Waals surface area contributed by atoms with Gasteiger partial charge in [-0.3, -0.25) is 0 Å². The van der Waals surface area contributed by atoms with Gasteiger partial charge in [0, 0.05) is 26.2 Å². The summed E-state index contributed by atoms with van der Waals surface area (Å²) in [5.41, 5.74) is 3.03. The van der Waals surface area contributed by atoms with Crippen LogP contribution in [0.5, 0.6) is 5.75 Å². The molecule has 0 saturated carbocycles. The first-order chi connectivity index (χ1) is 9.09. The summed E-state index contributed by atoms with van der Waals surface area (Å²) < 4.78 is 0.715. The normalized spacial score (nSPS) is 10.3. The molecule has 4 heteroatoms. The van der Waals surface area contributed by atoms with Crippen molar-refractivity contribution in [3.8, 4) is 5.75 Å². The number of benzene rings is 2. The third kappa shape index (κ3) is 3.20. The second-order valence-corrected chi connectivity index (χ2v) is 5.37. The maximum atomic E-state index is 9.96. The summed E-state index contributed by atoms with van der Waals surface area (Å²) in [4.78, 5) is 2.06. The smallest absolute Gasteiger partial charge is 0.134 e. The Labute approximate surface area is 122 Å². The Morgan fingerprint density at radius 3 is 2.58 bits per heavy atom. The third-order valence-corrected chi connectivity index (χ3v) is 3.57. The maximum Gasteiger partial charge on any atom is 0.134 e. The first-order valence-corrected chi connectivity index (χ1v) is 6.85. The van der Waals surface area contributed by atoms with Crippen molar-refractivity contribution in [1.29, 1.82) is 0 Å². The lowest BCUT2D eigenvalue weighted by Gasteiger charge is -2.18. The molecule has 2 N–H and O–H groups in total. The van der Waals surface area contributed by atoms with Crippen LogP contribution in [0.3, 0.4) is 0 Å². The van der Waals surface area contributed by atoms with E-state index in [9.17, 15) is 5.11 Å². The topological polar surface area (TPSA) is 35.5 Å². The molecule has 0 bridgehead atoms. The highest BCUT2D eigenvalue weighted by molar-refractivity contribution is 9.10. The fraction of sp³-hybridized carbons (Fsp3) is 0.200. The van der Waals surface area contributed by atoms with E-state index in [2.05, 4.69) is 32.2 Å². The summed E-state index contributed by atoms with van der Waals surface area (Å²) in [5, 5.41) is 13.3. The van der Waals surface area contributed by atoms with Crippen LogP contribution in [0.4, 0.5) is 11.4 Å². The fourth-order valence-corrected chi connectivity index (χ4v) is 2.31. The summed E-state index contributed by atoms with van der Waals surface area (Å²) in [6.07, 6.45) is 0. The molecule has 0 aliphatic rings. The van der Waals surface area contributed by atoms with Crippen LogP contribution in [0, 0.1) is 0 Å². The van der Waals surface area contributed by atoms with Gasteiger partial charge in [0.25, 0.3) is 0 Å². The second kappa shape index (κ2) is 5.97. The highest BCUT2D eigenvalue weighted by Gasteiger charge is 2.06. The van der Waals surface area contributed by atoms with Crippen LogP contribution < -0.4 is 10.2 Å². The van der Waals surface area contributed by atoms with Crippen molar-refractivity contribution in [1.82, 2.24) is 0 Å². The van der Waals surface area contributed by atoms with Gasteiger partial charge in [-0.25, -0.2) is 0 Å². The van der Waals surface area contributed by atoms with Crippen LogP contribution in [0.15, 0.2) is 46.9 Å². The summed E-state index contributed by atoms with van der Waals surface area (Å²) in [6, 6.07) is 13.7. The minimum Gasteiger partial charge on any atom is -0.506 e. The van der Waals surface area contributed by atoms with E-state index in [4.69, 9.17) is 0 Å². The highest BCUT2D eigenvalue weighted by atomic mass is 79.9. The molecule has 0 unspecified atom stereocenters. The van der Waals surface area contributed by atoms with Gasteiger partial charge in [0.15, 0.2) is 0 Å². The molecular weight excluding hydrogens is 304 g/mol. The van der Waals surface area contributed by atoms with Gasteiger partial charge in [-0.2, -0.15) is 0 Å². The number of phenolic OH excluding ortho intramolecular Hbond substituents is 1. The van der Waals surface area contributed by atoms with Gasteiger partial charge >= 0.3 is 0 Å². The quantitative estimate of drug-likeness (QED) is 0.898. The fourth-order valence-electron chi connectivity index (χ4n) is 1.91. The predicted octanol–water partition coefficient (Wildman–Crippen LogP) is 3.83. The van der Waals surface area contributed by atoms with E-state index >= 15 is 0 Å². The molecule has 0 fully saturated rings. The highest BCUT2D eigenvalue weighted by Crippen LogP contribution is 2.29. The number of hydrogen-bond acceptors (Lipinski definition) is 3. The number of halogens is 1. The lowest BCUT2D eigenvalue weighted by Crippen LogP contribution is -2.12. The average Bonchev–Trinajstić information content (AvgIpc) is 2.40. The molecular formula is C15H17BrN2O. The zero-order valence-electron chi connectivity index (χ0n) is 11.0. The molecule has 0 aromatic heterocycles.